The molecule has 0 bridgehead atoms. The lowest BCUT2D eigenvalue weighted by atomic mass is 9.80. The first-order valence-electron chi connectivity index (χ1n) is 8.88. The Balaban J connectivity index is 2.97. The van der Waals surface area contributed by atoms with E-state index in [0.29, 0.717) is 0 Å². The molecule has 2 aromatic rings. The second kappa shape index (κ2) is 7.34. The van der Waals surface area contributed by atoms with Crippen LogP contribution in [0.1, 0.15) is 67.3 Å². The zero-order valence-electron chi connectivity index (χ0n) is 16.5. The van der Waals surface area contributed by atoms with E-state index < -0.39 is 11.7 Å². The summed E-state index contributed by atoms with van der Waals surface area (Å²) < 4.78 is 45.9. The van der Waals surface area contributed by atoms with Crippen LogP contribution in [-0.2, 0) is 6.18 Å². The van der Waals surface area contributed by atoms with Crippen LogP contribution < -0.4 is 4.74 Å². The van der Waals surface area contributed by atoms with E-state index in [1.807, 2.05) is 53.7 Å². The number of hydrogen-bond donors (Lipinski definition) is 0. The van der Waals surface area contributed by atoms with Crippen LogP contribution >= 0.6 is 0 Å². The lowest BCUT2D eigenvalue weighted by Crippen LogP contribution is -2.11. The maximum atomic E-state index is 13.5. The molecule has 0 saturated carbocycles. The Bertz CT molecular complexity index is 773. The zero-order valence-corrected chi connectivity index (χ0v) is 16.5. The maximum absolute atomic E-state index is 13.5. The first-order valence-corrected chi connectivity index (χ1v) is 8.88. The fourth-order valence-corrected chi connectivity index (χ4v) is 3.48. The minimum atomic E-state index is -4.36. The molecular formula is C22H27F3O. The summed E-state index contributed by atoms with van der Waals surface area (Å²) in [5.74, 6) is 0.680. The number of ether oxygens (including phenoxy) is 1. The van der Waals surface area contributed by atoms with E-state index in [0.717, 1.165) is 39.1 Å². The lowest BCUT2D eigenvalue weighted by molar-refractivity contribution is -0.137. The number of hydrogen-bond acceptors (Lipinski definition) is 1. The van der Waals surface area contributed by atoms with Gasteiger partial charge < -0.3 is 4.74 Å². The van der Waals surface area contributed by atoms with Gasteiger partial charge in [-0.15, -0.1) is 0 Å². The van der Waals surface area contributed by atoms with Crippen molar-refractivity contribution in [1.29, 1.82) is 0 Å². The normalized spacial score (nSPS) is 12.2. The van der Waals surface area contributed by atoms with Gasteiger partial charge in [0.15, 0.2) is 0 Å². The predicted octanol–water partition coefficient (Wildman–Crippen LogP) is 7.24. The summed E-state index contributed by atoms with van der Waals surface area (Å²) in [6.07, 6.45) is -4.36. The summed E-state index contributed by atoms with van der Waals surface area (Å²) in [6, 6.07) is 6.49. The second-order valence-electron chi connectivity index (χ2n) is 7.42. The van der Waals surface area contributed by atoms with Crippen molar-refractivity contribution in [3.63, 3.8) is 0 Å². The molecule has 0 aliphatic heterocycles. The van der Waals surface area contributed by atoms with Gasteiger partial charge in [0.1, 0.15) is 5.75 Å². The molecule has 0 N–H and O–H groups in total. The lowest BCUT2D eigenvalue weighted by Gasteiger charge is -2.25. The molecule has 0 amide bonds. The highest BCUT2D eigenvalue weighted by molar-refractivity contribution is 5.80. The quantitative estimate of drug-likeness (QED) is 0.555. The van der Waals surface area contributed by atoms with Crippen molar-refractivity contribution in [2.75, 3.05) is 7.11 Å². The van der Waals surface area contributed by atoms with Crippen molar-refractivity contribution >= 4 is 0 Å². The highest BCUT2D eigenvalue weighted by Crippen LogP contribution is 2.44. The molecule has 0 radical (unpaired) electrons. The van der Waals surface area contributed by atoms with Crippen molar-refractivity contribution < 1.29 is 17.9 Å². The summed E-state index contributed by atoms with van der Waals surface area (Å²) in [5, 5.41) is 0. The number of methoxy groups -OCH3 is 1. The Morgan fingerprint density at radius 1 is 0.846 bits per heavy atom. The van der Waals surface area contributed by atoms with Crippen LogP contribution in [0.3, 0.4) is 0 Å². The fourth-order valence-electron chi connectivity index (χ4n) is 3.48. The topological polar surface area (TPSA) is 9.23 Å². The molecule has 2 rings (SSSR count). The Kier molecular flexibility index (Phi) is 5.74. The van der Waals surface area contributed by atoms with E-state index in [2.05, 4.69) is 0 Å². The Morgan fingerprint density at radius 2 is 1.35 bits per heavy atom. The molecule has 0 aliphatic carbocycles. The van der Waals surface area contributed by atoms with Gasteiger partial charge >= 0.3 is 6.18 Å². The summed E-state index contributed by atoms with van der Waals surface area (Å²) in [4.78, 5) is 0. The summed E-state index contributed by atoms with van der Waals surface area (Å²) >= 11 is 0. The fraction of sp³-hybridized carbons (Fsp3) is 0.455. The average Bonchev–Trinajstić information content (AvgIpc) is 2.53. The van der Waals surface area contributed by atoms with E-state index in [4.69, 9.17) is 4.74 Å². The van der Waals surface area contributed by atoms with Crippen molar-refractivity contribution in [3.8, 4) is 16.9 Å². The van der Waals surface area contributed by atoms with Crippen molar-refractivity contribution in [3.05, 3.63) is 52.1 Å². The molecule has 0 aromatic heterocycles. The van der Waals surface area contributed by atoms with Crippen molar-refractivity contribution in [2.24, 2.45) is 0 Å². The summed E-state index contributed by atoms with van der Waals surface area (Å²) in [6.45, 7) is 11.7. The van der Waals surface area contributed by atoms with Gasteiger partial charge in [0.25, 0.3) is 0 Å². The van der Waals surface area contributed by atoms with Crippen LogP contribution in [0, 0.1) is 13.8 Å². The molecule has 0 unspecified atom stereocenters. The van der Waals surface area contributed by atoms with Gasteiger partial charge in [-0.3, -0.25) is 0 Å². The first kappa shape index (κ1) is 20.3. The molecule has 0 fully saturated rings. The molecule has 26 heavy (non-hydrogen) atoms. The summed E-state index contributed by atoms with van der Waals surface area (Å²) in [5.41, 5.74) is 4.75. The van der Waals surface area contributed by atoms with E-state index in [9.17, 15) is 13.2 Å². The number of alkyl halides is 3. The van der Waals surface area contributed by atoms with Crippen molar-refractivity contribution in [2.45, 2.75) is 59.6 Å². The SMILES string of the molecule is COc1ccc(C)c(-c2c(C(C)C)cc(C(F)(F)F)cc2C(C)C)c1C. The molecule has 0 atom stereocenters. The van der Waals surface area contributed by atoms with Crippen LogP contribution in [0.15, 0.2) is 24.3 Å². The number of halogens is 3. The van der Waals surface area contributed by atoms with Gasteiger partial charge in [-0.25, -0.2) is 0 Å². The predicted molar refractivity (Wildman–Crippen MR) is 101 cm³/mol. The molecule has 0 aliphatic rings. The van der Waals surface area contributed by atoms with Crippen LogP contribution in [0.4, 0.5) is 13.2 Å². The van der Waals surface area contributed by atoms with E-state index >= 15 is 0 Å². The van der Waals surface area contributed by atoms with Crippen LogP contribution in [0.25, 0.3) is 11.1 Å². The van der Waals surface area contributed by atoms with Gasteiger partial charge in [-0.05, 0) is 77.3 Å². The van der Waals surface area contributed by atoms with E-state index in [1.165, 1.54) is 12.1 Å². The maximum Gasteiger partial charge on any atom is 0.416 e. The third-order valence-electron chi connectivity index (χ3n) is 4.86. The average molecular weight is 364 g/mol. The van der Waals surface area contributed by atoms with Crippen LogP contribution in [0.5, 0.6) is 5.75 Å². The minimum absolute atomic E-state index is 0.0326. The third kappa shape index (κ3) is 3.74. The number of rotatable bonds is 4. The minimum Gasteiger partial charge on any atom is -0.496 e. The van der Waals surface area contributed by atoms with E-state index in [-0.39, 0.29) is 11.8 Å². The first-order chi connectivity index (χ1) is 12.0. The highest BCUT2D eigenvalue weighted by Gasteiger charge is 2.33. The molecule has 0 saturated heterocycles. The number of aryl methyl sites for hydroxylation is 1. The van der Waals surface area contributed by atoms with Crippen molar-refractivity contribution in [1.82, 2.24) is 0 Å². The highest BCUT2D eigenvalue weighted by atomic mass is 19.4. The molecular weight excluding hydrogens is 337 g/mol. The summed E-state index contributed by atoms with van der Waals surface area (Å²) in [7, 11) is 1.61. The monoisotopic (exact) mass is 364 g/mol. The van der Waals surface area contributed by atoms with Gasteiger partial charge in [0, 0.05) is 0 Å². The standard InChI is InChI=1S/C22H27F3O/c1-12(2)17-10-16(22(23,24)25)11-18(13(3)4)21(17)20-14(5)8-9-19(26-7)15(20)6/h8-13H,1-7H3. The largest absolute Gasteiger partial charge is 0.496 e. The molecule has 142 valence electrons. The van der Waals surface area contributed by atoms with Crippen LogP contribution in [-0.4, -0.2) is 7.11 Å². The second-order valence-corrected chi connectivity index (χ2v) is 7.42. The van der Waals surface area contributed by atoms with Gasteiger partial charge in [-0.2, -0.15) is 13.2 Å². The molecule has 4 heteroatoms. The van der Waals surface area contributed by atoms with Crippen LogP contribution in [0.2, 0.25) is 0 Å². The smallest absolute Gasteiger partial charge is 0.416 e. The Labute approximate surface area is 154 Å². The zero-order chi connectivity index (χ0) is 19.8. The molecule has 0 heterocycles. The molecule has 0 spiro atoms. The Hall–Kier alpha value is -1.97. The Morgan fingerprint density at radius 3 is 1.73 bits per heavy atom. The van der Waals surface area contributed by atoms with Gasteiger partial charge in [-0.1, -0.05) is 33.8 Å². The molecule has 1 nitrogen and oxygen atoms in total. The number of benzene rings is 2. The molecule has 2 aromatic carbocycles. The van der Waals surface area contributed by atoms with Gasteiger partial charge in [0.2, 0.25) is 0 Å². The van der Waals surface area contributed by atoms with E-state index in [1.54, 1.807) is 7.11 Å². The van der Waals surface area contributed by atoms with Gasteiger partial charge in [0.05, 0.1) is 12.7 Å². The third-order valence-corrected chi connectivity index (χ3v) is 4.86.